The van der Waals surface area contributed by atoms with Crippen LogP contribution in [-0.2, 0) is 24.8 Å². The topological polar surface area (TPSA) is 94.9 Å². The number of dihydropyridines is 1. The lowest BCUT2D eigenvalue weighted by molar-refractivity contribution is 0.0390. The van der Waals surface area contributed by atoms with Gasteiger partial charge in [0.15, 0.2) is 12.1 Å². The highest BCUT2D eigenvalue weighted by Gasteiger charge is 2.31. The summed E-state index contributed by atoms with van der Waals surface area (Å²) in [5, 5.41) is 16.9. The Hall–Kier alpha value is -3.18. The van der Waals surface area contributed by atoms with Gasteiger partial charge in [-0.3, -0.25) is 9.69 Å². The van der Waals surface area contributed by atoms with E-state index < -0.39 is 0 Å². The molecule has 11 heteroatoms. The van der Waals surface area contributed by atoms with E-state index >= 15 is 0 Å². The third-order valence-electron chi connectivity index (χ3n) is 8.66. The van der Waals surface area contributed by atoms with Crippen LogP contribution in [-0.4, -0.2) is 83.0 Å². The average Bonchev–Trinajstić information content (AvgIpc) is 3.32. The van der Waals surface area contributed by atoms with Gasteiger partial charge in [-0.05, 0) is 31.2 Å². The number of hydrogen-bond donors (Lipinski definition) is 3. The van der Waals surface area contributed by atoms with Crippen LogP contribution in [0.25, 0.3) is 16.8 Å². The number of ether oxygens (including phenoxy) is 1. The summed E-state index contributed by atoms with van der Waals surface area (Å²) in [4.78, 5) is 22.4. The van der Waals surface area contributed by atoms with Gasteiger partial charge in [0.05, 0.1) is 28.0 Å². The molecule has 2 atom stereocenters. The number of rotatable bonds is 8. The standard InChI is InChI=1S/C32H36Cl2N6O3/c1-38-14-13-27-26(17-38)35-30(39(27)2)31(42)36-25-9-5-7-22(29(25)34)21-6-4-8-23(28(21)33)24-11-10-19(32(37-24)43-3)16-40-15-12-20(40)18-41/h4-11,20,32,37,41H,12-18H2,1-3H3,(H,36,42)/t20-,32?/m0/s1. The van der Waals surface area contributed by atoms with E-state index in [4.69, 9.17) is 27.9 Å². The van der Waals surface area contributed by atoms with Crippen LogP contribution in [0.5, 0.6) is 0 Å². The molecule has 1 unspecified atom stereocenters. The highest BCUT2D eigenvalue weighted by Crippen LogP contribution is 2.40. The number of likely N-dealkylation sites (tertiary alicyclic amines) is 1. The number of aliphatic hydroxyl groups is 1. The number of benzene rings is 2. The molecule has 2 aromatic carbocycles. The number of amides is 1. The van der Waals surface area contributed by atoms with Crippen molar-refractivity contribution in [2.75, 3.05) is 45.7 Å². The van der Waals surface area contributed by atoms with E-state index in [1.165, 1.54) is 0 Å². The van der Waals surface area contributed by atoms with Crippen molar-refractivity contribution in [2.24, 2.45) is 7.05 Å². The molecule has 0 radical (unpaired) electrons. The number of carbonyl (C=O) groups is 1. The lowest BCUT2D eigenvalue weighted by Gasteiger charge is -2.41. The number of nitrogens with one attached hydrogen (secondary N) is 2. The summed E-state index contributed by atoms with van der Waals surface area (Å²) in [6.45, 7) is 3.50. The number of methoxy groups -OCH3 is 1. The third kappa shape index (κ3) is 5.73. The minimum Gasteiger partial charge on any atom is -0.395 e. The zero-order valence-corrected chi connectivity index (χ0v) is 26.0. The molecule has 0 saturated carbocycles. The Morgan fingerprint density at radius 2 is 1.84 bits per heavy atom. The molecule has 9 nitrogen and oxygen atoms in total. The SMILES string of the molecule is COC1NC(c2cccc(-c3cccc(NC(=O)c4nc5c(n4C)CCN(C)C5)c3Cl)c2Cl)=CC=C1CN1CC[C@H]1CO. The maximum Gasteiger partial charge on any atom is 0.291 e. The maximum absolute atomic E-state index is 13.3. The maximum atomic E-state index is 13.3. The average molecular weight is 624 g/mol. The van der Waals surface area contributed by atoms with Gasteiger partial charge in [0.1, 0.15) is 0 Å². The summed E-state index contributed by atoms with van der Waals surface area (Å²) < 4.78 is 7.65. The largest absolute Gasteiger partial charge is 0.395 e. The van der Waals surface area contributed by atoms with Crippen molar-refractivity contribution in [3.05, 3.63) is 86.9 Å². The molecule has 43 heavy (non-hydrogen) atoms. The third-order valence-corrected chi connectivity index (χ3v) is 9.48. The Kier molecular flexibility index (Phi) is 8.64. The van der Waals surface area contributed by atoms with Crippen LogP contribution in [0.15, 0.2) is 54.1 Å². The summed E-state index contributed by atoms with van der Waals surface area (Å²) in [5.41, 5.74) is 6.68. The fourth-order valence-electron chi connectivity index (χ4n) is 6.04. The lowest BCUT2D eigenvalue weighted by Crippen LogP contribution is -2.52. The summed E-state index contributed by atoms with van der Waals surface area (Å²) in [5.74, 6) is 0.0463. The van der Waals surface area contributed by atoms with E-state index in [1.54, 1.807) is 13.2 Å². The normalized spacial score (nSPS) is 20.5. The van der Waals surface area contributed by atoms with Gasteiger partial charge in [0.2, 0.25) is 0 Å². The molecule has 1 fully saturated rings. The fourth-order valence-corrected chi connectivity index (χ4v) is 6.65. The first-order valence-corrected chi connectivity index (χ1v) is 15.2. The first kappa shape index (κ1) is 29.9. The molecule has 0 bridgehead atoms. The van der Waals surface area contributed by atoms with Crippen LogP contribution >= 0.6 is 23.2 Å². The van der Waals surface area contributed by atoms with Gasteiger partial charge < -0.3 is 29.9 Å². The van der Waals surface area contributed by atoms with Gasteiger partial charge in [-0.1, -0.05) is 59.6 Å². The van der Waals surface area contributed by atoms with Gasteiger partial charge >= 0.3 is 0 Å². The molecule has 3 aromatic rings. The molecule has 1 amide bonds. The quantitative estimate of drug-likeness (QED) is 0.339. The van der Waals surface area contributed by atoms with Gasteiger partial charge in [0, 0.05) is 80.9 Å². The lowest BCUT2D eigenvalue weighted by atomic mass is 9.98. The predicted octanol–water partition coefficient (Wildman–Crippen LogP) is 4.54. The molecule has 1 saturated heterocycles. The second-order valence-electron chi connectivity index (χ2n) is 11.3. The Balaban J connectivity index is 1.25. The van der Waals surface area contributed by atoms with E-state index in [-0.39, 0.29) is 24.8 Å². The second-order valence-corrected chi connectivity index (χ2v) is 12.1. The monoisotopic (exact) mass is 622 g/mol. The van der Waals surface area contributed by atoms with Gasteiger partial charge in [-0.25, -0.2) is 4.98 Å². The molecule has 6 rings (SSSR count). The number of aliphatic hydroxyl groups excluding tert-OH is 1. The number of carbonyl (C=O) groups excluding carboxylic acids is 1. The van der Waals surface area contributed by atoms with Gasteiger partial charge in [0.25, 0.3) is 5.91 Å². The van der Waals surface area contributed by atoms with Crippen molar-refractivity contribution in [1.82, 2.24) is 24.7 Å². The highest BCUT2D eigenvalue weighted by molar-refractivity contribution is 6.39. The minimum absolute atomic E-state index is 0.165. The van der Waals surface area contributed by atoms with E-state index in [0.29, 0.717) is 27.1 Å². The smallest absolute Gasteiger partial charge is 0.291 e. The zero-order chi connectivity index (χ0) is 30.2. The minimum atomic E-state index is -0.320. The van der Waals surface area contributed by atoms with Gasteiger partial charge in [-0.2, -0.15) is 0 Å². The van der Waals surface area contributed by atoms with E-state index in [1.807, 2.05) is 48.0 Å². The molecule has 3 aliphatic rings. The van der Waals surface area contributed by atoms with Crippen molar-refractivity contribution < 1.29 is 14.6 Å². The number of halogens is 2. The van der Waals surface area contributed by atoms with Crippen molar-refractivity contribution in [1.29, 1.82) is 0 Å². The van der Waals surface area contributed by atoms with Crippen LogP contribution in [0.4, 0.5) is 5.69 Å². The number of fused-ring (bicyclic) bond motifs is 1. The molecule has 226 valence electrons. The molecule has 4 heterocycles. The van der Waals surface area contributed by atoms with Gasteiger partial charge in [-0.15, -0.1) is 0 Å². The number of anilines is 1. The summed E-state index contributed by atoms with van der Waals surface area (Å²) in [6.07, 6.45) is 5.61. The summed E-state index contributed by atoms with van der Waals surface area (Å²) >= 11 is 13.9. The highest BCUT2D eigenvalue weighted by atomic mass is 35.5. The number of likely N-dealkylation sites (N-methyl/N-ethyl adjacent to an activating group) is 1. The predicted molar refractivity (Wildman–Crippen MR) is 170 cm³/mol. The van der Waals surface area contributed by atoms with Crippen LogP contribution in [0, 0.1) is 0 Å². The van der Waals surface area contributed by atoms with Crippen molar-refractivity contribution in [2.45, 2.75) is 31.7 Å². The number of imidazole rings is 1. The van der Waals surface area contributed by atoms with Crippen molar-refractivity contribution in [3.63, 3.8) is 0 Å². The van der Waals surface area contributed by atoms with E-state index in [2.05, 4.69) is 38.5 Å². The zero-order valence-electron chi connectivity index (χ0n) is 24.5. The molecular weight excluding hydrogens is 587 g/mol. The fraction of sp³-hybridized carbons (Fsp3) is 0.375. The number of allylic oxidation sites excluding steroid dienone is 2. The number of hydrogen-bond acceptors (Lipinski definition) is 7. The Labute approximate surface area is 261 Å². The first-order valence-electron chi connectivity index (χ1n) is 14.5. The van der Waals surface area contributed by atoms with Crippen molar-refractivity contribution in [3.8, 4) is 11.1 Å². The van der Waals surface area contributed by atoms with Crippen molar-refractivity contribution >= 4 is 40.5 Å². The Morgan fingerprint density at radius 3 is 2.56 bits per heavy atom. The summed E-state index contributed by atoms with van der Waals surface area (Å²) in [7, 11) is 5.60. The van der Waals surface area contributed by atoms with Crippen LogP contribution < -0.4 is 10.6 Å². The molecule has 3 aliphatic heterocycles. The molecule has 3 N–H and O–H groups in total. The number of aromatic nitrogens is 2. The molecule has 0 spiro atoms. The summed E-state index contributed by atoms with van der Waals surface area (Å²) in [6, 6.07) is 11.5. The molecular formula is C32H36Cl2N6O3. The number of nitrogens with zero attached hydrogens (tertiary/aromatic N) is 4. The Morgan fingerprint density at radius 1 is 1.09 bits per heavy atom. The molecule has 0 aliphatic carbocycles. The van der Waals surface area contributed by atoms with Crippen LogP contribution in [0.1, 0.15) is 34.0 Å². The van der Waals surface area contributed by atoms with Crippen LogP contribution in [0.3, 0.4) is 0 Å². The van der Waals surface area contributed by atoms with E-state index in [9.17, 15) is 9.90 Å². The Bertz CT molecular complexity index is 1610. The second kappa shape index (κ2) is 12.4. The first-order chi connectivity index (χ1) is 20.8. The van der Waals surface area contributed by atoms with Crippen LogP contribution in [0.2, 0.25) is 10.0 Å². The van der Waals surface area contributed by atoms with E-state index in [0.717, 1.165) is 72.8 Å². The molecule has 1 aromatic heterocycles.